The van der Waals surface area contributed by atoms with Gasteiger partial charge >= 0.3 is 5.97 Å². The molecule has 7 heteroatoms. The molecule has 0 aliphatic rings. The number of benzene rings is 2. The predicted molar refractivity (Wildman–Crippen MR) is 94.6 cm³/mol. The molecule has 0 atom stereocenters. The second kappa shape index (κ2) is 8.39. The first-order valence-electron chi connectivity index (χ1n) is 7.41. The number of hydrogen-bond acceptors (Lipinski definition) is 5. The maximum absolute atomic E-state index is 12.3. The third kappa shape index (κ3) is 4.42. The summed E-state index contributed by atoms with van der Waals surface area (Å²) >= 11 is 6.01. The van der Waals surface area contributed by atoms with Gasteiger partial charge in [0.15, 0.2) is 6.61 Å². The summed E-state index contributed by atoms with van der Waals surface area (Å²) in [6, 6.07) is 10.0. The van der Waals surface area contributed by atoms with Gasteiger partial charge in [0.25, 0.3) is 5.91 Å². The summed E-state index contributed by atoms with van der Waals surface area (Å²) in [4.78, 5) is 24.3. The molecule has 0 bridgehead atoms. The first kappa shape index (κ1) is 18.6. The van der Waals surface area contributed by atoms with E-state index >= 15 is 0 Å². The van der Waals surface area contributed by atoms with Gasteiger partial charge in [-0.05, 0) is 36.8 Å². The van der Waals surface area contributed by atoms with Crippen LogP contribution in [-0.4, -0.2) is 32.7 Å². The number of esters is 1. The zero-order valence-corrected chi connectivity index (χ0v) is 14.8. The van der Waals surface area contributed by atoms with Gasteiger partial charge in [-0.15, -0.1) is 0 Å². The van der Waals surface area contributed by atoms with Crippen molar-refractivity contribution in [1.82, 2.24) is 0 Å². The van der Waals surface area contributed by atoms with Crippen molar-refractivity contribution in [3.63, 3.8) is 0 Å². The van der Waals surface area contributed by atoms with Crippen molar-refractivity contribution in [1.29, 1.82) is 0 Å². The Morgan fingerprint density at radius 3 is 2.24 bits per heavy atom. The number of ether oxygens (including phenoxy) is 3. The number of rotatable bonds is 6. The van der Waals surface area contributed by atoms with E-state index in [4.69, 9.17) is 25.8 Å². The molecule has 1 amide bonds. The molecule has 6 nitrogen and oxygen atoms in total. The van der Waals surface area contributed by atoms with Crippen LogP contribution >= 0.6 is 11.6 Å². The third-order valence-corrected chi connectivity index (χ3v) is 3.92. The topological polar surface area (TPSA) is 73.9 Å². The van der Waals surface area contributed by atoms with Crippen LogP contribution in [0, 0.1) is 6.92 Å². The second-order valence-corrected chi connectivity index (χ2v) is 5.48. The van der Waals surface area contributed by atoms with E-state index in [0.717, 1.165) is 5.56 Å². The minimum Gasteiger partial charge on any atom is -0.496 e. The predicted octanol–water partition coefficient (Wildman–Crippen LogP) is 3.46. The summed E-state index contributed by atoms with van der Waals surface area (Å²) in [7, 11) is 2.86. The molecule has 0 aliphatic carbocycles. The zero-order chi connectivity index (χ0) is 18.4. The molecule has 2 aromatic carbocycles. The fraction of sp³-hybridized carbons (Fsp3) is 0.222. The van der Waals surface area contributed by atoms with E-state index in [1.165, 1.54) is 14.2 Å². The van der Waals surface area contributed by atoms with Gasteiger partial charge in [-0.25, -0.2) is 4.79 Å². The monoisotopic (exact) mass is 363 g/mol. The number of methoxy groups -OCH3 is 2. The lowest BCUT2D eigenvalue weighted by Crippen LogP contribution is -2.21. The molecule has 0 unspecified atom stereocenters. The quantitative estimate of drug-likeness (QED) is 0.795. The molecular weight excluding hydrogens is 346 g/mol. The summed E-state index contributed by atoms with van der Waals surface area (Å²) in [5.74, 6) is -0.592. The summed E-state index contributed by atoms with van der Waals surface area (Å²) < 4.78 is 15.4. The SMILES string of the molecule is COc1cccc(OC)c1C(=O)OCC(=O)Nc1cccc(Cl)c1C. The lowest BCUT2D eigenvalue weighted by atomic mass is 10.2. The van der Waals surface area contributed by atoms with Crippen LogP contribution < -0.4 is 14.8 Å². The molecule has 0 fully saturated rings. The molecule has 1 N–H and O–H groups in total. The van der Waals surface area contributed by atoms with Crippen molar-refractivity contribution < 1.29 is 23.8 Å². The Morgan fingerprint density at radius 1 is 1.04 bits per heavy atom. The molecule has 0 saturated carbocycles. The third-order valence-electron chi connectivity index (χ3n) is 3.51. The van der Waals surface area contributed by atoms with E-state index in [2.05, 4.69) is 5.32 Å². The van der Waals surface area contributed by atoms with E-state index in [1.54, 1.807) is 43.3 Å². The highest BCUT2D eigenvalue weighted by Gasteiger charge is 2.20. The van der Waals surface area contributed by atoms with Crippen molar-refractivity contribution in [3.8, 4) is 11.5 Å². The molecule has 0 heterocycles. The van der Waals surface area contributed by atoms with Gasteiger partial charge in [0, 0.05) is 10.7 Å². The minimum absolute atomic E-state index is 0.124. The van der Waals surface area contributed by atoms with Gasteiger partial charge in [-0.3, -0.25) is 4.79 Å². The largest absolute Gasteiger partial charge is 0.496 e. The van der Waals surface area contributed by atoms with Crippen molar-refractivity contribution in [3.05, 3.63) is 52.5 Å². The highest BCUT2D eigenvalue weighted by molar-refractivity contribution is 6.31. The Balaban J connectivity index is 2.05. The van der Waals surface area contributed by atoms with Crippen LogP contribution in [0.5, 0.6) is 11.5 Å². The number of carbonyl (C=O) groups excluding carboxylic acids is 2. The standard InChI is InChI=1S/C18H18ClNO5/c1-11-12(19)6-4-7-13(11)20-16(21)10-25-18(22)17-14(23-2)8-5-9-15(17)24-3/h4-9H,10H2,1-3H3,(H,20,21). The Kier molecular flexibility index (Phi) is 6.25. The average molecular weight is 364 g/mol. The highest BCUT2D eigenvalue weighted by atomic mass is 35.5. The van der Waals surface area contributed by atoms with Gasteiger partial charge in [-0.1, -0.05) is 23.7 Å². The molecule has 0 spiro atoms. The molecular formula is C18H18ClNO5. The van der Waals surface area contributed by atoms with Crippen LogP contribution in [0.4, 0.5) is 5.69 Å². The fourth-order valence-electron chi connectivity index (χ4n) is 2.18. The molecule has 0 radical (unpaired) electrons. The van der Waals surface area contributed by atoms with Gasteiger partial charge in [0.1, 0.15) is 17.1 Å². The molecule has 2 rings (SSSR count). The maximum atomic E-state index is 12.3. The van der Waals surface area contributed by atoms with E-state index in [9.17, 15) is 9.59 Å². The normalized spacial score (nSPS) is 10.1. The molecule has 0 aliphatic heterocycles. The number of anilines is 1. The van der Waals surface area contributed by atoms with Crippen LogP contribution in [0.15, 0.2) is 36.4 Å². The van der Waals surface area contributed by atoms with Gasteiger partial charge < -0.3 is 19.5 Å². The zero-order valence-electron chi connectivity index (χ0n) is 14.1. The van der Waals surface area contributed by atoms with Crippen LogP contribution in [0.2, 0.25) is 5.02 Å². The van der Waals surface area contributed by atoms with Crippen LogP contribution in [0.3, 0.4) is 0 Å². The van der Waals surface area contributed by atoms with Gasteiger partial charge in [0.05, 0.1) is 14.2 Å². The van der Waals surface area contributed by atoms with Crippen molar-refractivity contribution in [2.24, 2.45) is 0 Å². The molecule has 2 aromatic rings. The van der Waals surface area contributed by atoms with Gasteiger partial charge in [-0.2, -0.15) is 0 Å². The lowest BCUT2D eigenvalue weighted by Gasteiger charge is -2.13. The number of carbonyl (C=O) groups is 2. The average Bonchev–Trinajstić information content (AvgIpc) is 2.62. The molecule has 25 heavy (non-hydrogen) atoms. The maximum Gasteiger partial charge on any atom is 0.346 e. The number of amides is 1. The van der Waals surface area contributed by atoms with E-state index in [1.807, 2.05) is 0 Å². The lowest BCUT2D eigenvalue weighted by molar-refractivity contribution is -0.119. The highest BCUT2D eigenvalue weighted by Crippen LogP contribution is 2.29. The Morgan fingerprint density at radius 2 is 1.64 bits per heavy atom. The van der Waals surface area contributed by atoms with E-state index in [0.29, 0.717) is 22.2 Å². The number of hydrogen-bond donors (Lipinski definition) is 1. The van der Waals surface area contributed by atoms with E-state index < -0.39 is 18.5 Å². The minimum atomic E-state index is -0.715. The van der Waals surface area contributed by atoms with E-state index in [-0.39, 0.29) is 5.56 Å². The summed E-state index contributed by atoms with van der Waals surface area (Å²) in [6.07, 6.45) is 0. The van der Waals surface area contributed by atoms with Gasteiger partial charge in [0.2, 0.25) is 0 Å². The fourth-order valence-corrected chi connectivity index (χ4v) is 2.36. The first-order valence-corrected chi connectivity index (χ1v) is 7.78. The Labute approximate surface area is 150 Å². The Bertz CT molecular complexity index is 769. The smallest absolute Gasteiger partial charge is 0.346 e. The number of halogens is 1. The van der Waals surface area contributed by atoms with Crippen LogP contribution in [0.25, 0.3) is 0 Å². The molecule has 132 valence electrons. The van der Waals surface area contributed by atoms with Crippen molar-refractivity contribution in [2.45, 2.75) is 6.92 Å². The second-order valence-electron chi connectivity index (χ2n) is 5.07. The van der Waals surface area contributed by atoms with Crippen LogP contribution in [0.1, 0.15) is 15.9 Å². The van der Waals surface area contributed by atoms with Crippen LogP contribution in [-0.2, 0) is 9.53 Å². The molecule has 0 aromatic heterocycles. The number of nitrogens with one attached hydrogen (secondary N) is 1. The summed E-state index contributed by atoms with van der Waals surface area (Å²) in [6.45, 7) is 1.33. The summed E-state index contributed by atoms with van der Waals surface area (Å²) in [5.41, 5.74) is 1.41. The van der Waals surface area contributed by atoms with Crippen molar-refractivity contribution >= 4 is 29.2 Å². The summed E-state index contributed by atoms with van der Waals surface area (Å²) in [5, 5.41) is 3.19. The molecule has 0 saturated heterocycles. The first-order chi connectivity index (χ1) is 12.0. The Hall–Kier alpha value is -2.73. The van der Waals surface area contributed by atoms with Crippen molar-refractivity contribution in [2.75, 3.05) is 26.1 Å².